The third-order valence-electron chi connectivity index (χ3n) is 13.2. The van der Waals surface area contributed by atoms with Crippen LogP contribution in [0, 0.1) is 0 Å². The first kappa shape index (κ1) is 34.7. The Kier molecular flexibility index (Phi) is 7.52. The van der Waals surface area contributed by atoms with Gasteiger partial charge in [0.15, 0.2) is 0 Å². The van der Waals surface area contributed by atoms with E-state index in [0.29, 0.717) is 0 Å². The fraction of sp³-hybridized carbons (Fsp3) is 0.0169. The van der Waals surface area contributed by atoms with E-state index in [4.69, 9.17) is 4.74 Å². The van der Waals surface area contributed by atoms with Gasteiger partial charge in [0.05, 0.1) is 16.4 Å². The smallest absolute Gasteiger partial charge is 0.132 e. The Balaban J connectivity index is 1.10. The highest BCUT2D eigenvalue weighted by atomic mass is 16.5. The molecule has 2 heterocycles. The van der Waals surface area contributed by atoms with Gasteiger partial charge >= 0.3 is 0 Å². The lowest BCUT2D eigenvalue weighted by Crippen LogP contribution is -2.32. The van der Waals surface area contributed by atoms with Crippen LogP contribution in [-0.2, 0) is 5.41 Å². The van der Waals surface area contributed by atoms with Crippen molar-refractivity contribution in [3.05, 3.63) is 253 Å². The molecule has 1 aromatic heterocycles. The fourth-order valence-corrected chi connectivity index (χ4v) is 10.6. The van der Waals surface area contributed by atoms with Crippen molar-refractivity contribution in [1.82, 2.24) is 4.57 Å². The van der Waals surface area contributed by atoms with Crippen LogP contribution in [0.5, 0.6) is 11.5 Å². The Labute approximate surface area is 360 Å². The van der Waals surface area contributed by atoms with E-state index < -0.39 is 5.41 Å². The van der Waals surface area contributed by atoms with Gasteiger partial charge < -0.3 is 14.2 Å². The molecular weight excluding hydrogens is 753 g/mol. The highest BCUT2D eigenvalue weighted by Crippen LogP contribution is 2.63. The maximum Gasteiger partial charge on any atom is 0.132 e. The molecular formula is C59H38N2O. The van der Waals surface area contributed by atoms with Crippen molar-refractivity contribution in [3.8, 4) is 39.4 Å². The summed E-state index contributed by atoms with van der Waals surface area (Å²) in [6.45, 7) is 0. The summed E-state index contributed by atoms with van der Waals surface area (Å²) < 4.78 is 9.15. The van der Waals surface area contributed by atoms with Crippen molar-refractivity contribution in [3.63, 3.8) is 0 Å². The SMILES string of the molecule is c1ccc(-c2ccc(N(c3ccc4c(c3)C3(c5ccccc5Oc5ccccc53)c3ccc5ccccc5c3-4)c3ccc4c5ccccc5n(-c5ccccc5)c4c3)cc2)cc1. The largest absolute Gasteiger partial charge is 0.457 e. The van der Waals surface area contributed by atoms with Gasteiger partial charge in [-0.05, 0) is 111 Å². The lowest BCUT2D eigenvalue weighted by molar-refractivity contribution is 0.436. The highest BCUT2D eigenvalue weighted by Gasteiger charge is 2.51. The summed E-state index contributed by atoms with van der Waals surface area (Å²) in [6.07, 6.45) is 0. The molecule has 13 rings (SSSR count). The zero-order chi connectivity index (χ0) is 40.8. The Hall–Kier alpha value is -8.14. The third kappa shape index (κ3) is 4.94. The van der Waals surface area contributed by atoms with Crippen LogP contribution in [0.1, 0.15) is 22.3 Å². The zero-order valence-electron chi connectivity index (χ0n) is 33.7. The summed E-state index contributed by atoms with van der Waals surface area (Å²) in [5.41, 5.74) is 15.8. The molecule has 290 valence electrons. The molecule has 0 atom stereocenters. The lowest BCUT2D eigenvalue weighted by Gasteiger charge is -2.39. The molecule has 0 bridgehead atoms. The van der Waals surface area contributed by atoms with Crippen molar-refractivity contribution >= 4 is 49.6 Å². The number of ether oxygens (including phenoxy) is 1. The number of fused-ring (bicyclic) bond motifs is 14. The minimum atomic E-state index is -0.622. The standard InChI is InChI=1S/C59H38N2O/c1-3-15-39(16-4-1)40-27-30-43(31-28-40)60(45-32-34-48-47-21-9-12-24-54(47)61(55(48)38-45)42-18-5-2-6-19-42)44-33-35-49-53(37-44)59(52-36-29-41-17-7-8-20-46(41)58(49)52)50-22-10-13-25-56(50)62-57-26-14-11-23-51(57)59/h1-38H. The fourth-order valence-electron chi connectivity index (χ4n) is 10.6. The molecule has 2 aliphatic rings. The van der Waals surface area contributed by atoms with E-state index in [9.17, 15) is 0 Å². The molecule has 0 amide bonds. The van der Waals surface area contributed by atoms with Gasteiger partial charge in [-0.2, -0.15) is 0 Å². The predicted octanol–water partition coefficient (Wildman–Crippen LogP) is 15.5. The molecule has 0 radical (unpaired) electrons. The summed E-state index contributed by atoms with van der Waals surface area (Å²) in [7, 11) is 0. The first-order valence-electron chi connectivity index (χ1n) is 21.3. The van der Waals surface area contributed by atoms with Gasteiger partial charge in [-0.15, -0.1) is 0 Å². The zero-order valence-corrected chi connectivity index (χ0v) is 33.7. The van der Waals surface area contributed by atoms with Crippen LogP contribution in [-0.4, -0.2) is 4.57 Å². The van der Waals surface area contributed by atoms with E-state index in [2.05, 4.69) is 240 Å². The number of benzene rings is 10. The Morgan fingerprint density at radius 2 is 0.952 bits per heavy atom. The lowest BCUT2D eigenvalue weighted by atomic mass is 9.66. The van der Waals surface area contributed by atoms with Gasteiger partial charge in [0, 0.05) is 44.6 Å². The molecule has 1 aliphatic carbocycles. The van der Waals surface area contributed by atoms with Crippen LogP contribution in [0.15, 0.2) is 231 Å². The molecule has 1 aliphatic heterocycles. The first-order chi connectivity index (χ1) is 30.8. The van der Waals surface area contributed by atoms with Crippen LogP contribution in [0.3, 0.4) is 0 Å². The molecule has 0 fully saturated rings. The monoisotopic (exact) mass is 790 g/mol. The minimum absolute atomic E-state index is 0.622. The number of aromatic nitrogens is 1. The number of para-hydroxylation sites is 4. The van der Waals surface area contributed by atoms with E-state index in [1.807, 2.05) is 0 Å². The summed E-state index contributed by atoms with van der Waals surface area (Å²) in [5.74, 6) is 1.77. The van der Waals surface area contributed by atoms with Crippen LogP contribution >= 0.6 is 0 Å². The number of hydrogen-bond acceptors (Lipinski definition) is 2. The van der Waals surface area contributed by atoms with E-state index >= 15 is 0 Å². The van der Waals surface area contributed by atoms with Crippen LogP contribution in [0.4, 0.5) is 17.1 Å². The molecule has 10 aromatic carbocycles. The maximum absolute atomic E-state index is 6.75. The number of nitrogens with zero attached hydrogens (tertiary/aromatic N) is 2. The molecule has 62 heavy (non-hydrogen) atoms. The molecule has 11 aromatic rings. The Morgan fingerprint density at radius 3 is 1.73 bits per heavy atom. The van der Waals surface area contributed by atoms with Crippen LogP contribution in [0.25, 0.3) is 60.5 Å². The van der Waals surface area contributed by atoms with Gasteiger partial charge in [0.2, 0.25) is 0 Å². The molecule has 0 saturated heterocycles. The highest BCUT2D eigenvalue weighted by molar-refractivity contribution is 6.11. The van der Waals surface area contributed by atoms with Crippen molar-refractivity contribution in [2.75, 3.05) is 4.90 Å². The van der Waals surface area contributed by atoms with Crippen LogP contribution in [0.2, 0.25) is 0 Å². The second kappa shape index (κ2) is 13.4. The van der Waals surface area contributed by atoms with Crippen molar-refractivity contribution in [1.29, 1.82) is 0 Å². The van der Waals surface area contributed by atoms with Crippen molar-refractivity contribution < 1.29 is 4.74 Å². The van der Waals surface area contributed by atoms with E-state index in [-0.39, 0.29) is 0 Å². The van der Waals surface area contributed by atoms with Gasteiger partial charge in [0.1, 0.15) is 11.5 Å². The summed E-state index contributed by atoms with van der Waals surface area (Å²) in [6, 6.07) is 84.0. The summed E-state index contributed by atoms with van der Waals surface area (Å²) in [5, 5.41) is 4.94. The maximum atomic E-state index is 6.75. The second-order valence-electron chi connectivity index (χ2n) is 16.4. The molecule has 0 unspecified atom stereocenters. The molecule has 1 spiro atoms. The molecule has 3 nitrogen and oxygen atoms in total. The quantitative estimate of drug-likeness (QED) is 0.173. The van der Waals surface area contributed by atoms with E-state index in [1.54, 1.807) is 0 Å². The average Bonchev–Trinajstić information content (AvgIpc) is 3.83. The van der Waals surface area contributed by atoms with E-state index in [1.165, 1.54) is 60.4 Å². The van der Waals surface area contributed by atoms with Crippen molar-refractivity contribution in [2.45, 2.75) is 5.41 Å². The van der Waals surface area contributed by atoms with Crippen LogP contribution < -0.4 is 9.64 Å². The van der Waals surface area contributed by atoms with Gasteiger partial charge in [-0.3, -0.25) is 0 Å². The summed E-state index contributed by atoms with van der Waals surface area (Å²) >= 11 is 0. The normalized spacial score (nSPS) is 13.1. The average molecular weight is 791 g/mol. The van der Waals surface area contributed by atoms with Gasteiger partial charge in [-0.1, -0.05) is 164 Å². The molecule has 3 heteroatoms. The third-order valence-corrected chi connectivity index (χ3v) is 13.2. The second-order valence-corrected chi connectivity index (χ2v) is 16.4. The molecule has 0 N–H and O–H groups in total. The van der Waals surface area contributed by atoms with Gasteiger partial charge in [0.25, 0.3) is 0 Å². The number of anilines is 3. The molecule has 0 saturated carbocycles. The Morgan fingerprint density at radius 1 is 0.371 bits per heavy atom. The number of hydrogen-bond donors (Lipinski definition) is 0. The minimum Gasteiger partial charge on any atom is -0.457 e. The summed E-state index contributed by atoms with van der Waals surface area (Å²) in [4.78, 5) is 2.44. The topological polar surface area (TPSA) is 17.4 Å². The van der Waals surface area contributed by atoms with E-state index in [0.717, 1.165) is 50.9 Å². The van der Waals surface area contributed by atoms with Crippen molar-refractivity contribution in [2.24, 2.45) is 0 Å². The van der Waals surface area contributed by atoms with Gasteiger partial charge in [-0.25, -0.2) is 0 Å². The Bertz CT molecular complexity index is 3500. The first-order valence-corrected chi connectivity index (χ1v) is 21.3. The predicted molar refractivity (Wildman–Crippen MR) is 256 cm³/mol. The number of rotatable bonds is 5.